The van der Waals surface area contributed by atoms with Gasteiger partial charge in [-0.25, -0.2) is 9.97 Å². The summed E-state index contributed by atoms with van der Waals surface area (Å²) >= 11 is 4.47. The minimum absolute atomic E-state index is 0.138. The number of thioether (sulfide) groups is 1. The van der Waals surface area contributed by atoms with Crippen LogP contribution in [0.4, 0.5) is 5.95 Å². The molecule has 1 aromatic carbocycles. The van der Waals surface area contributed by atoms with Crippen molar-refractivity contribution in [1.29, 1.82) is 0 Å². The number of aryl methyl sites for hydroxylation is 2. The van der Waals surface area contributed by atoms with Crippen LogP contribution in [-0.4, -0.2) is 31.0 Å². The molecule has 0 aliphatic heterocycles. The molecule has 5 rings (SSSR count). The van der Waals surface area contributed by atoms with E-state index in [2.05, 4.69) is 24.6 Å². The summed E-state index contributed by atoms with van der Waals surface area (Å²) in [4.78, 5) is 28.1. The van der Waals surface area contributed by atoms with Gasteiger partial charge in [-0.05, 0) is 36.4 Å². The van der Waals surface area contributed by atoms with Gasteiger partial charge in [0.1, 0.15) is 21.2 Å². The van der Waals surface area contributed by atoms with E-state index in [0.717, 1.165) is 38.7 Å². The van der Waals surface area contributed by atoms with Crippen LogP contribution in [0.15, 0.2) is 41.7 Å². The summed E-state index contributed by atoms with van der Waals surface area (Å²) in [7, 11) is 0. The molecular weight excluding hydrogens is 410 g/mol. The van der Waals surface area contributed by atoms with E-state index in [1.165, 1.54) is 40.2 Å². The van der Waals surface area contributed by atoms with E-state index in [1.54, 1.807) is 17.7 Å². The minimum Gasteiger partial charge on any atom is -0.293 e. The molecule has 1 amide bonds. The average Bonchev–Trinajstić information content (AvgIpc) is 3.43. The van der Waals surface area contributed by atoms with Gasteiger partial charge in [0.05, 0.1) is 5.75 Å². The van der Waals surface area contributed by atoms with Crippen LogP contribution >= 0.6 is 34.6 Å². The Hall–Kier alpha value is -2.36. The smallest absolute Gasteiger partial charge is 0.241 e. The number of hydrogen-bond acceptors (Lipinski definition) is 8. The molecule has 1 N–H and O–H groups in total. The molecule has 0 fully saturated rings. The number of thiophene rings is 1. The number of nitrogens with zero attached hydrogens (tertiary/aromatic N) is 4. The highest BCUT2D eigenvalue weighted by atomic mass is 32.2. The third-order valence-electron chi connectivity index (χ3n) is 4.50. The van der Waals surface area contributed by atoms with E-state index in [1.807, 2.05) is 30.3 Å². The molecule has 28 heavy (non-hydrogen) atoms. The molecule has 3 aromatic heterocycles. The van der Waals surface area contributed by atoms with Gasteiger partial charge in [0.15, 0.2) is 0 Å². The molecule has 0 spiro atoms. The highest BCUT2D eigenvalue weighted by Gasteiger charge is 2.21. The average molecular weight is 426 g/mol. The summed E-state index contributed by atoms with van der Waals surface area (Å²) in [6.07, 6.45) is 4.98. The van der Waals surface area contributed by atoms with Crippen LogP contribution in [0.25, 0.3) is 20.8 Å². The Balaban J connectivity index is 1.27. The van der Waals surface area contributed by atoms with E-state index < -0.39 is 0 Å². The van der Waals surface area contributed by atoms with Gasteiger partial charge in [-0.1, -0.05) is 42.1 Å². The maximum absolute atomic E-state index is 12.4. The Morgan fingerprint density at radius 3 is 2.96 bits per heavy atom. The van der Waals surface area contributed by atoms with E-state index in [0.29, 0.717) is 5.95 Å². The summed E-state index contributed by atoms with van der Waals surface area (Å²) in [6.45, 7) is 0. The van der Waals surface area contributed by atoms with E-state index in [4.69, 9.17) is 0 Å². The van der Waals surface area contributed by atoms with Crippen LogP contribution < -0.4 is 5.32 Å². The highest BCUT2D eigenvalue weighted by molar-refractivity contribution is 8.00. The van der Waals surface area contributed by atoms with Crippen LogP contribution in [-0.2, 0) is 17.6 Å². The number of anilines is 1. The van der Waals surface area contributed by atoms with Crippen LogP contribution in [0.5, 0.6) is 0 Å². The van der Waals surface area contributed by atoms with Crippen molar-refractivity contribution in [3.63, 3.8) is 0 Å². The molecule has 0 atom stereocenters. The van der Waals surface area contributed by atoms with Crippen molar-refractivity contribution in [2.45, 2.75) is 24.3 Å². The highest BCUT2D eigenvalue weighted by Crippen LogP contribution is 2.40. The summed E-state index contributed by atoms with van der Waals surface area (Å²) < 4.78 is 4.24. The molecule has 0 bridgehead atoms. The number of hydrogen-bond donors (Lipinski definition) is 1. The summed E-state index contributed by atoms with van der Waals surface area (Å²) in [5, 5.41) is 5.59. The lowest BCUT2D eigenvalue weighted by Gasteiger charge is -2.04. The fourth-order valence-corrected chi connectivity index (χ4v) is 6.02. The zero-order valence-corrected chi connectivity index (χ0v) is 17.2. The van der Waals surface area contributed by atoms with Gasteiger partial charge in [-0.15, -0.1) is 11.3 Å². The second kappa shape index (κ2) is 7.57. The molecule has 0 radical (unpaired) electrons. The Kier molecular flexibility index (Phi) is 4.79. The van der Waals surface area contributed by atoms with Gasteiger partial charge in [0, 0.05) is 15.8 Å². The first kappa shape index (κ1) is 17.7. The number of carbonyl (C=O) groups is 1. The summed E-state index contributed by atoms with van der Waals surface area (Å²) in [5.41, 5.74) is 2.36. The van der Waals surface area contributed by atoms with Gasteiger partial charge >= 0.3 is 0 Å². The van der Waals surface area contributed by atoms with Crippen LogP contribution in [0.2, 0.25) is 0 Å². The van der Waals surface area contributed by atoms with Crippen LogP contribution in [0, 0.1) is 0 Å². The number of benzene rings is 1. The topological polar surface area (TPSA) is 80.7 Å². The third-order valence-corrected chi connectivity index (χ3v) is 7.46. The fourth-order valence-electron chi connectivity index (χ4n) is 3.28. The lowest BCUT2D eigenvalue weighted by Crippen LogP contribution is -2.15. The predicted molar refractivity (Wildman–Crippen MR) is 114 cm³/mol. The van der Waals surface area contributed by atoms with E-state index in [9.17, 15) is 4.79 Å². The van der Waals surface area contributed by atoms with Crippen molar-refractivity contribution in [2.75, 3.05) is 11.1 Å². The molecule has 1 aliphatic carbocycles. The van der Waals surface area contributed by atoms with Crippen molar-refractivity contribution in [2.24, 2.45) is 0 Å². The Morgan fingerprint density at radius 2 is 2.07 bits per heavy atom. The Bertz CT molecular complexity index is 1160. The lowest BCUT2D eigenvalue weighted by atomic mass is 10.2. The van der Waals surface area contributed by atoms with Crippen molar-refractivity contribution in [3.05, 3.63) is 47.1 Å². The predicted octanol–water partition coefficient (Wildman–Crippen LogP) is 4.43. The van der Waals surface area contributed by atoms with Gasteiger partial charge in [0.25, 0.3) is 0 Å². The Morgan fingerprint density at radius 1 is 1.18 bits per heavy atom. The third kappa shape index (κ3) is 3.41. The molecule has 9 heteroatoms. The molecule has 0 unspecified atom stereocenters. The zero-order valence-electron chi connectivity index (χ0n) is 14.7. The normalized spacial score (nSPS) is 13.0. The molecule has 3 heterocycles. The van der Waals surface area contributed by atoms with E-state index >= 15 is 0 Å². The van der Waals surface area contributed by atoms with Gasteiger partial charge in [-0.2, -0.15) is 9.36 Å². The minimum atomic E-state index is -0.138. The largest absolute Gasteiger partial charge is 0.293 e. The maximum atomic E-state index is 12.4. The molecule has 1 aliphatic rings. The van der Waals surface area contributed by atoms with Crippen molar-refractivity contribution in [1.82, 2.24) is 19.3 Å². The number of aromatic nitrogens is 4. The van der Waals surface area contributed by atoms with Crippen LogP contribution in [0.1, 0.15) is 16.9 Å². The molecule has 140 valence electrons. The summed E-state index contributed by atoms with van der Waals surface area (Å²) in [6, 6.07) is 9.81. The van der Waals surface area contributed by atoms with Gasteiger partial charge in [0.2, 0.25) is 11.9 Å². The van der Waals surface area contributed by atoms with Gasteiger partial charge < -0.3 is 0 Å². The van der Waals surface area contributed by atoms with Crippen molar-refractivity contribution < 1.29 is 4.79 Å². The van der Waals surface area contributed by atoms with Crippen LogP contribution in [0.3, 0.4) is 0 Å². The first-order valence-electron chi connectivity index (χ1n) is 8.85. The quantitative estimate of drug-likeness (QED) is 0.376. The van der Waals surface area contributed by atoms with Crippen molar-refractivity contribution >= 4 is 56.7 Å². The molecule has 0 saturated carbocycles. The first-order chi connectivity index (χ1) is 13.8. The fraction of sp³-hybridized carbons (Fsp3) is 0.211. The SMILES string of the molecule is O=C(CSc1ncnc2sc3c(c12)CCC3)Nc1nsc(-c2ccccc2)n1. The summed E-state index contributed by atoms with van der Waals surface area (Å²) in [5.74, 6) is 0.469. The Labute approximate surface area is 173 Å². The molecule has 4 aromatic rings. The molecular formula is C19H15N5OS3. The number of amides is 1. The maximum Gasteiger partial charge on any atom is 0.241 e. The standard InChI is InChI=1S/C19H15N5OS3/c25-14(22-19-23-16(28-24-19)11-5-2-1-3-6-11)9-26-17-15-12-7-4-8-13(12)27-18(15)21-10-20-17/h1-3,5-6,10H,4,7-9H2,(H,22,24,25). The molecule has 6 nitrogen and oxygen atoms in total. The number of nitrogens with one attached hydrogen (secondary N) is 1. The first-order valence-corrected chi connectivity index (χ1v) is 11.4. The number of fused-ring (bicyclic) bond motifs is 3. The monoisotopic (exact) mass is 425 g/mol. The number of carbonyl (C=O) groups excluding carboxylic acids is 1. The second-order valence-corrected chi connectivity index (χ2v) is 9.14. The lowest BCUT2D eigenvalue weighted by molar-refractivity contribution is -0.113. The van der Waals surface area contributed by atoms with Crippen molar-refractivity contribution in [3.8, 4) is 10.6 Å². The van der Waals surface area contributed by atoms with E-state index in [-0.39, 0.29) is 11.7 Å². The molecule has 0 saturated heterocycles. The number of rotatable bonds is 5. The second-order valence-electron chi connectivity index (χ2n) is 6.34. The van der Waals surface area contributed by atoms with Gasteiger partial charge in [-0.3, -0.25) is 10.1 Å². The zero-order chi connectivity index (χ0) is 18.9.